The van der Waals surface area contributed by atoms with Gasteiger partial charge in [-0.05, 0) is 75.7 Å². The van der Waals surface area contributed by atoms with E-state index in [-0.39, 0.29) is 51.3 Å². The third-order valence-corrected chi connectivity index (χ3v) is 17.8. The van der Waals surface area contributed by atoms with Gasteiger partial charge in [0.25, 0.3) is 0 Å². The molecule has 1 heterocycles. The number of hydrogen-bond donors (Lipinski definition) is 0. The molecule has 0 aromatic heterocycles. The van der Waals surface area contributed by atoms with Crippen LogP contribution in [0.3, 0.4) is 0 Å². The summed E-state index contributed by atoms with van der Waals surface area (Å²) in [6, 6.07) is 55.9. The van der Waals surface area contributed by atoms with Crippen molar-refractivity contribution in [3.8, 4) is 11.5 Å². The van der Waals surface area contributed by atoms with Crippen molar-refractivity contribution >= 4 is 8.32 Å². The van der Waals surface area contributed by atoms with Crippen LogP contribution in [0.25, 0.3) is 10.4 Å². The van der Waals surface area contributed by atoms with Gasteiger partial charge in [0.2, 0.25) is 0 Å². The Morgan fingerprint density at radius 3 is 1.48 bits per heavy atom. The van der Waals surface area contributed by atoms with Gasteiger partial charge in [-0.1, -0.05) is 178 Å². The van der Waals surface area contributed by atoms with Gasteiger partial charge < -0.3 is 47.1 Å². The van der Waals surface area contributed by atoms with Crippen molar-refractivity contribution in [2.24, 2.45) is 5.11 Å². The summed E-state index contributed by atoms with van der Waals surface area (Å²) >= 11 is 0. The highest BCUT2D eigenvalue weighted by Crippen LogP contribution is 2.38. The van der Waals surface area contributed by atoms with Crippen LogP contribution in [-0.2, 0) is 70.6 Å². The highest BCUT2D eigenvalue weighted by atomic mass is 28.4. The Labute approximate surface area is 432 Å². The molecule has 7 rings (SSSR count). The molecule has 14 heteroatoms. The predicted molar refractivity (Wildman–Crippen MR) is 284 cm³/mol. The zero-order valence-corrected chi connectivity index (χ0v) is 43.9. The lowest BCUT2D eigenvalue weighted by molar-refractivity contribution is -0.314. The molecule has 3 unspecified atom stereocenters. The van der Waals surface area contributed by atoms with E-state index < -0.39 is 57.3 Å². The summed E-state index contributed by atoms with van der Waals surface area (Å²) in [6.45, 7) is 12.4. The van der Waals surface area contributed by atoms with Crippen molar-refractivity contribution in [1.29, 1.82) is 0 Å². The average Bonchev–Trinajstić information content (AvgIpc) is 3.41. The molecule has 0 aliphatic carbocycles. The van der Waals surface area contributed by atoms with Crippen LogP contribution in [0.1, 0.15) is 48.6 Å². The van der Waals surface area contributed by atoms with E-state index in [9.17, 15) is 5.53 Å². The molecule has 13 nitrogen and oxygen atoms in total. The van der Waals surface area contributed by atoms with Crippen molar-refractivity contribution in [1.82, 2.24) is 0 Å². The fourth-order valence-electron chi connectivity index (χ4n) is 8.07. The number of nitrogens with zero attached hydrogens (tertiary/aromatic N) is 3. The standard InChI is InChI=1S/C59H71N3O10Si/c1-59(2,3)73(5,6)70-43-52(67-38-46-26-16-9-17-27-46)55(51(66-37-45-24-14-8-15-25-45)42-65-50-34-32-49(63-4)33-35-50)72-58-54(61-62-60)57(69-40-48-30-20-11-21-31-48)56(68-39-47-28-18-10-19-29-47)53(71-58)41-64-36-44-22-12-7-13-23-44/h7-35,51-58H,36-43H2,1-6H3/t51?,52?,53-,54-,55?,56-,57-,58+/m1/s1. The van der Waals surface area contributed by atoms with Crippen LogP contribution in [-0.4, -0.2) is 84.2 Å². The van der Waals surface area contributed by atoms with Gasteiger partial charge in [-0.2, -0.15) is 0 Å². The largest absolute Gasteiger partial charge is 0.497 e. The van der Waals surface area contributed by atoms with Gasteiger partial charge in [0.1, 0.15) is 60.8 Å². The molecule has 6 aromatic rings. The van der Waals surface area contributed by atoms with Crippen LogP contribution in [0.4, 0.5) is 0 Å². The summed E-state index contributed by atoms with van der Waals surface area (Å²) in [5.74, 6) is 1.29. The maximum Gasteiger partial charge on any atom is 0.192 e. The number of benzene rings is 6. The molecular weight excluding hydrogens is 939 g/mol. The topological polar surface area (TPSA) is 141 Å². The number of rotatable bonds is 28. The van der Waals surface area contributed by atoms with Gasteiger partial charge in [0, 0.05) is 4.91 Å². The van der Waals surface area contributed by atoms with Gasteiger partial charge in [0.15, 0.2) is 14.6 Å². The van der Waals surface area contributed by atoms with E-state index in [0.717, 1.165) is 27.8 Å². The van der Waals surface area contributed by atoms with Gasteiger partial charge in [0.05, 0.1) is 53.4 Å². The third kappa shape index (κ3) is 16.8. The Balaban J connectivity index is 1.32. The van der Waals surface area contributed by atoms with E-state index >= 15 is 0 Å². The first-order valence-electron chi connectivity index (χ1n) is 25.0. The third-order valence-electron chi connectivity index (χ3n) is 13.3. The highest BCUT2D eigenvalue weighted by molar-refractivity contribution is 6.74. The molecule has 0 radical (unpaired) electrons. The molecule has 8 atom stereocenters. The van der Waals surface area contributed by atoms with E-state index in [0.29, 0.717) is 18.1 Å². The molecule has 0 amide bonds. The zero-order valence-electron chi connectivity index (χ0n) is 42.9. The lowest BCUT2D eigenvalue weighted by atomic mass is 9.96. The quantitative estimate of drug-likeness (QED) is 0.0202. The van der Waals surface area contributed by atoms with Gasteiger partial charge in [-0.15, -0.1) is 0 Å². The van der Waals surface area contributed by atoms with Crippen molar-refractivity contribution in [3.63, 3.8) is 0 Å². The van der Waals surface area contributed by atoms with E-state index in [2.05, 4.69) is 43.9 Å². The zero-order chi connectivity index (χ0) is 51.3. The smallest absolute Gasteiger partial charge is 0.192 e. The first-order valence-corrected chi connectivity index (χ1v) is 27.9. The minimum Gasteiger partial charge on any atom is -0.497 e. The predicted octanol–water partition coefficient (Wildman–Crippen LogP) is 12.4. The molecule has 0 saturated carbocycles. The Bertz CT molecular complexity index is 2520. The molecule has 6 aromatic carbocycles. The molecule has 386 valence electrons. The Morgan fingerprint density at radius 2 is 1.01 bits per heavy atom. The van der Waals surface area contributed by atoms with E-state index in [1.54, 1.807) is 7.11 Å². The molecule has 1 aliphatic rings. The molecule has 0 N–H and O–H groups in total. The molecule has 0 bridgehead atoms. The number of ether oxygens (including phenoxy) is 9. The lowest BCUT2D eigenvalue weighted by Crippen LogP contribution is -2.62. The fourth-order valence-corrected chi connectivity index (χ4v) is 9.08. The first-order chi connectivity index (χ1) is 35.5. The average molecular weight is 1010 g/mol. The molecule has 0 spiro atoms. The Morgan fingerprint density at radius 1 is 0.575 bits per heavy atom. The SMILES string of the molecule is COc1ccc(OCC(OCc2ccccc2)C(O[C@@H]2O[C@H](COCc3ccccc3)[C@@H](OCc3ccccc3)[C@H](OCc3ccccc3)[C@H]2N=[N+]=[N-])C(CO[Si](C)(C)C(C)(C)C)OCc2ccccc2)cc1. The summed E-state index contributed by atoms with van der Waals surface area (Å²) in [5, 5.41) is 4.32. The van der Waals surface area contributed by atoms with Gasteiger partial charge >= 0.3 is 0 Å². The van der Waals surface area contributed by atoms with Crippen LogP contribution in [0.2, 0.25) is 18.1 Å². The molecule has 1 saturated heterocycles. The van der Waals surface area contributed by atoms with Crippen molar-refractivity contribution in [2.75, 3.05) is 26.9 Å². The van der Waals surface area contributed by atoms with Crippen LogP contribution < -0.4 is 9.47 Å². The van der Waals surface area contributed by atoms with Crippen molar-refractivity contribution < 1.29 is 47.1 Å². The van der Waals surface area contributed by atoms with Crippen molar-refractivity contribution in [3.05, 3.63) is 214 Å². The molecule has 73 heavy (non-hydrogen) atoms. The molecule has 1 aliphatic heterocycles. The summed E-state index contributed by atoms with van der Waals surface area (Å²) in [7, 11) is -0.788. The Hall–Kier alpha value is -5.87. The number of methoxy groups -OCH3 is 1. The maximum atomic E-state index is 10.5. The molecule has 1 fully saturated rings. The summed E-state index contributed by atoms with van der Waals surface area (Å²) in [5.41, 5.74) is 15.2. The van der Waals surface area contributed by atoms with E-state index in [1.165, 1.54) is 0 Å². The fraction of sp³-hybridized carbons (Fsp3) is 0.390. The lowest BCUT2D eigenvalue weighted by Gasteiger charge is -2.47. The monoisotopic (exact) mass is 1010 g/mol. The second-order valence-corrected chi connectivity index (χ2v) is 24.4. The summed E-state index contributed by atoms with van der Waals surface area (Å²) in [6.07, 6.45) is -6.30. The maximum absolute atomic E-state index is 10.5. The van der Waals surface area contributed by atoms with E-state index in [1.807, 2.05) is 176 Å². The van der Waals surface area contributed by atoms with Gasteiger partial charge in [-0.3, -0.25) is 0 Å². The van der Waals surface area contributed by atoms with Crippen molar-refractivity contribution in [2.45, 2.75) is 121 Å². The minimum absolute atomic E-state index is 0.0222. The van der Waals surface area contributed by atoms with E-state index in [4.69, 9.17) is 47.1 Å². The summed E-state index contributed by atoms with van der Waals surface area (Å²) < 4.78 is 67.8. The van der Waals surface area contributed by atoms with Gasteiger partial charge in [-0.25, -0.2) is 0 Å². The van der Waals surface area contributed by atoms with Crippen LogP contribution in [0, 0.1) is 0 Å². The second-order valence-electron chi connectivity index (χ2n) is 19.6. The minimum atomic E-state index is -2.41. The number of azide groups is 1. The van der Waals surface area contributed by atoms with Crippen LogP contribution in [0.15, 0.2) is 181 Å². The molecular formula is C59H71N3O10Si. The second kappa shape index (κ2) is 28.0. The van der Waals surface area contributed by atoms with Crippen LogP contribution in [0.5, 0.6) is 11.5 Å². The first kappa shape index (κ1) is 54.9. The summed E-state index contributed by atoms with van der Waals surface area (Å²) in [4.78, 5) is 3.41. The number of hydrogen-bond acceptors (Lipinski definition) is 11. The van der Waals surface area contributed by atoms with Crippen LogP contribution >= 0.6 is 0 Å². The normalized spacial score (nSPS) is 19.3. The highest BCUT2D eigenvalue weighted by Gasteiger charge is 2.50. The Kier molecular flexibility index (Phi) is 21.0.